The van der Waals surface area contributed by atoms with E-state index in [1.165, 1.54) is 0 Å². The number of anilines is 1. The van der Waals surface area contributed by atoms with Crippen molar-refractivity contribution in [1.29, 1.82) is 0 Å². The smallest absolute Gasteiger partial charge is 0.371 e. The van der Waals surface area contributed by atoms with Crippen LogP contribution in [-0.2, 0) is 4.79 Å². The van der Waals surface area contributed by atoms with Gasteiger partial charge in [0.25, 0.3) is 0 Å². The molecule has 7 heteroatoms. The van der Waals surface area contributed by atoms with Gasteiger partial charge in [0.2, 0.25) is 5.84 Å². The van der Waals surface area contributed by atoms with Crippen LogP contribution in [0.1, 0.15) is 12.8 Å². The number of hydrogen-bond donors (Lipinski definition) is 3. The normalized spacial score (nSPS) is 20.5. The fraction of sp³-hybridized carbons (Fsp3) is 0.300. The standard InChI is InChI=1S/C20H23N3O3S/c1-27-15-7-8-16(13-5-3-2-4-6-13)17(12-15)23-10-9-14(24)11-18(23)22-19(21)20(25)26/h2-8,12,14,18,24H,9-11H2,1H3,(H2,21,22)(H,25,26). The molecular weight excluding hydrogens is 362 g/mol. The first-order valence-electron chi connectivity index (χ1n) is 8.74. The molecule has 3 rings (SSSR count). The molecule has 2 aromatic rings. The van der Waals surface area contributed by atoms with Gasteiger partial charge in [-0.05, 0) is 30.4 Å². The second kappa shape index (κ2) is 8.45. The maximum atomic E-state index is 11.1. The fourth-order valence-electron chi connectivity index (χ4n) is 3.28. The number of aliphatic hydroxyl groups is 1. The minimum Gasteiger partial charge on any atom is -0.475 e. The molecule has 142 valence electrons. The molecule has 0 spiro atoms. The molecule has 1 heterocycles. The molecule has 1 aliphatic heterocycles. The summed E-state index contributed by atoms with van der Waals surface area (Å²) in [6.07, 6.45) is 1.90. The van der Waals surface area contributed by atoms with Crippen LogP contribution < -0.4 is 10.6 Å². The van der Waals surface area contributed by atoms with Crippen LogP contribution in [0.2, 0.25) is 0 Å². The minimum atomic E-state index is -1.25. The summed E-state index contributed by atoms with van der Waals surface area (Å²) in [5.74, 6) is -1.70. The Balaban J connectivity index is 2.08. The number of aliphatic carboxylic acids is 1. The van der Waals surface area contributed by atoms with Gasteiger partial charge in [-0.15, -0.1) is 11.8 Å². The molecule has 2 aromatic carbocycles. The lowest BCUT2D eigenvalue weighted by atomic mass is 9.99. The van der Waals surface area contributed by atoms with E-state index in [9.17, 15) is 9.90 Å². The third-order valence-electron chi connectivity index (χ3n) is 4.65. The highest BCUT2D eigenvalue weighted by Crippen LogP contribution is 2.37. The maximum absolute atomic E-state index is 11.1. The number of nitrogens with two attached hydrogens (primary N) is 1. The van der Waals surface area contributed by atoms with Crippen molar-refractivity contribution in [1.82, 2.24) is 0 Å². The average Bonchev–Trinajstić information content (AvgIpc) is 2.68. The maximum Gasteiger partial charge on any atom is 0.371 e. The van der Waals surface area contributed by atoms with E-state index in [0.717, 1.165) is 21.7 Å². The summed E-state index contributed by atoms with van der Waals surface area (Å²) in [5.41, 5.74) is 8.65. The van der Waals surface area contributed by atoms with Crippen LogP contribution in [0.25, 0.3) is 11.1 Å². The number of carboxylic acids is 1. The van der Waals surface area contributed by atoms with Crippen molar-refractivity contribution in [3.8, 4) is 11.1 Å². The topological polar surface area (TPSA) is 99.1 Å². The second-order valence-electron chi connectivity index (χ2n) is 6.42. The Bertz CT molecular complexity index is 842. The Morgan fingerprint density at radius 2 is 2.00 bits per heavy atom. The molecule has 2 unspecified atom stereocenters. The Kier molecular flexibility index (Phi) is 6.03. The highest BCUT2D eigenvalue weighted by molar-refractivity contribution is 7.98. The van der Waals surface area contributed by atoms with E-state index in [4.69, 9.17) is 10.8 Å². The summed E-state index contributed by atoms with van der Waals surface area (Å²) in [6, 6.07) is 16.3. The van der Waals surface area contributed by atoms with Crippen LogP contribution >= 0.6 is 11.8 Å². The Labute approximate surface area is 162 Å². The van der Waals surface area contributed by atoms with Gasteiger partial charge in [0, 0.05) is 29.1 Å². The van der Waals surface area contributed by atoms with Crippen molar-refractivity contribution in [3.63, 3.8) is 0 Å². The van der Waals surface area contributed by atoms with Gasteiger partial charge in [0.15, 0.2) is 0 Å². The van der Waals surface area contributed by atoms with Crippen molar-refractivity contribution in [2.75, 3.05) is 17.7 Å². The summed E-state index contributed by atoms with van der Waals surface area (Å²) in [6.45, 7) is 0.569. The van der Waals surface area contributed by atoms with Crippen molar-refractivity contribution in [2.24, 2.45) is 10.7 Å². The van der Waals surface area contributed by atoms with Gasteiger partial charge in [-0.3, -0.25) is 0 Å². The number of amidine groups is 1. The van der Waals surface area contributed by atoms with E-state index in [1.807, 2.05) is 41.5 Å². The predicted molar refractivity (Wildman–Crippen MR) is 109 cm³/mol. The Morgan fingerprint density at radius 1 is 1.26 bits per heavy atom. The lowest BCUT2D eigenvalue weighted by Gasteiger charge is -2.38. The molecule has 0 saturated carbocycles. The van der Waals surface area contributed by atoms with Crippen LogP contribution in [0.15, 0.2) is 58.4 Å². The minimum absolute atomic E-state index is 0.339. The number of rotatable bonds is 4. The van der Waals surface area contributed by atoms with Gasteiger partial charge in [-0.25, -0.2) is 9.79 Å². The first-order chi connectivity index (χ1) is 13.0. The molecule has 0 aliphatic carbocycles. The number of carboxylic acid groups (broad SMARTS) is 1. The zero-order valence-electron chi connectivity index (χ0n) is 15.1. The van der Waals surface area contributed by atoms with Crippen molar-refractivity contribution < 1.29 is 15.0 Å². The van der Waals surface area contributed by atoms with E-state index in [0.29, 0.717) is 19.4 Å². The number of thioether (sulfide) groups is 1. The molecule has 0 bridgehead atoms. The van der Waals surface area contributed by atoms with Crippen LogP contribution in [0, 0.1) is 0 Å². The summed E-state index contributed by atoms with van der Waals surface area (Å²) in [7, 11) is 0. The predicted octanol–water partition coefficient (Wildman–Crippen LogP) is 2.80. The van der Waals surface area contributed by atoms with Crippen molar-refractivity contribution in [2.45, 2.75) is 30.0 Å². The number of aliphatic imine (C=N–C) groups is 1. The summed E-state index contributed by atoms with van der Waals surface area (Å²) >= 11 is 1.64. The van der Waals surface area contributed by atoms with Gasteiger partial charge in [-0.2, -0.15) is 0 Å². The molecule has 27 heavy (non-hydrogen) atoms. The van der Waals surface area contributed by atoms with Crippen LogP contribution in [-0.4, -0.2) is 47.1 Å². The lowest BCUT2D eigenvalue weighted by Crippen LogP contribution is -2.45. The van der Waals surface area contributed by atoms with Crippen LogP contribution in [0.5, 0.6) is 0 Å². The van der Waals surface area contributed by atoms with E-state index >= 15 is 0 Å². The monoisotopic (exact) mass is 385 g/mol. The largest absolute Gasteiger partial charge is 0.475 e. The molecule has 1 saturated heterocycles. The number of carbonyl (C=O) groups is 1. The molecule has 4 N–H and O–H groups in total. The van der Waals surface area contributed by atoms with Gasteiger partial charge >= 0.3 is 5.97 Å². The third kappa shape index (κ3) is 4.43. The van der Waals surface area contributed by atoms with E-state index in [1.54, 1.807) is 11.8 Å². The number of piperidine rings is 1. The Hall–Kier alpha value is -2.51. The van der Waals surface area contributed by atoms with Gasteiger partial charge in [0.1, 0.15) is 6.17 Å². The molecule has 0 radical (unpaired) electrons. The van der Waals surface area contributed by atoms with Crippen molar-refractivity contribution in [3.05, 3.63) is 48.5 Å². The third-order valence-corrected chi connectivity index (χ3v) is 5.38. The number of benzene rings is 2. The quantitative estimate of drug-likeness (QED) is 0.425. The second-order valence-corrected chi connectivity index (χ2v) is 7.30. The van der Waals surface area contributed by atoms with Gasteiger partial charge < -0.3 is 20.8 Å². The lowest BCUT2D eigenvalue weighted by molar-refractivity contribution is -0.129. The van der Waals surface area contributed by atoms with E-state index < -0.39 is 24.1 Å². The highest BCUT2D eigenvalue weighted by Gasteiger charge is 2.30. The summed E-state index contributed by atoms with van der Waals surface area (Å²) < 4.78 is 0. The molecule has 1 aliphatic rings. The van der Waals surface area contributed by atoms with E-state index in [-0.39, 0.29) is 0 Å². The van der Waals surface area contributed by atoms with Crippen LogP contribution in [0.4, 0.5) is 5.69 Å². The van der Waals surface area contributed by atoms with Crippen LogP contribution in [0.3, 0.4) is 0 Å². The SMILES string of the molecule is CSc1ccc(-c2ccccc2)c(N2CCC(O)CC2/N=C(\N)C(=O)O)c1. The molecule has 0 aromatic heterocycles. The molecular formula is C20H23N3O3S. The van der Waals surface area contributed by atoms with Gasteiger partial charge in [0.05, 0.1) is 6.10 Å². The molecule has 2 atom stereocenters. The zero-order valence-corrected chi connectivity index (χ0v) is 15.9. The van der Waals surface area contributed by atoms with Gasteiger partial charge in [-0.1, -0.05) is 36.4 Å². The summed E-state index contributed by atoms with van der Waals surface area (Å²) in [5, 5.41) is 19.2. The molecule has 0 amide bonds. The first kappa shape index (κ1) is 19.3. The average molecular weight is 385 g/mol. The summed E-state index contributed by atoms with van der Waals surface area (Å²) in [4.78, 5) is 18.5. The molecule has 1 fully saturated rings. The molecule has 6 nitrogen and oxygen atoms in total. The first-order valence-corrected chi connectivity index (χ1v) is 9.97. The fourth-order valence-corrected chi connectivity index (χ4v) is 3.72. The number of nitrogens with zero attached hydrogens (tertiary/aromatic N) is 2. The zero-order chi connectivity index (χ0) is 19.4. The van der Waals surface area contributed by atoms with E-state index in [2.05, 4.69) is 23.2 Å². The highest BCUT2D eigenvalue weighted by atomic mass is 32.2. The Morgan fingerprint density at radius 3 is 2.67 bits per heavy atom. The number of hydrogen-bond acceptors (Lipinski definition) is 5. The van der Waals surface area contributed by atoms with Crippen molar-refractivity contribution >= 4 is 29.3 Å². The number of aliphatic hydroxyl groups excluding tert-OH is 1.